The average Bonchev–Trinajstić information content (AvgIpc) is 3.33. The number of H-pyrrole nitrogens is 1. The first kappa shape index (κ1) is 25.1. The van der Waals surface area contributed by atoms with Crippen LogP contribution < -0.4 is 10.5 Å². The van der Waals surface area contributed by atoms with Crippen LogP contribution in [0, 0.1) is 0 Å². The molecule has 2 aliphatic heterocycles. The second kappa shape index (κ2) is 10.1. The Morgan fingerprint density at radius 1 is 1.21 bits per heavy atom. The molecule has 2 aromatic heterocycles. The molecular formula is C29H35N5O4. The summed E-state index contributed by atoms with van der Waals surface area (Å²) in [7, 11) is 2.03. The maximum atomic E-state index is 12.4. The topological polar surface area (TPSA) is 117 Å². The number of nitrogens with one attached hydrogen (secondary N) is 1. The van der Waals surface area contributed by atoms with Gasteiger partial charge in [0.05, 0.1) is 30.2 Å². The lowest BCUT2D eigenvalue weighted by Gasteiger charge is -2.48. The van der Waals surface area contributed by atoms with Crippen molar-refractivity contribution in [1.82, 2.24) is 19.8 Å². The van der Waals surface area contributed by atoms with Crippen LogP contribution in [0.5, 0.6) is 5.75 Å². The zero-order chi connectivity index (χ0) is 26.3. The molecule has 2 fully saturated rings. The zero-order valence-electron chi connectivity index (χ0n) is 21.8. The maximum Gasteiger partial charge on any atom is 0.337 e. The number of nitrogens with zero attached hydrogens (tertiary/aromatic N) is 3. The molecule has 0 unspecified atom stereocenters. The first-order valence-corrected chi connectivity index (χ1v) is 13.4. The molecule has 3 aromatic rings. The molecule has 4 heterocycles. The van der Waals surface area contributed by atoms with Crippen LogP contribution in [0.3, 0.4) is 0 Å². The van der Waals surface area contributed by atoms with Gasteiger partial charge in [0, 0.05) is 67.7 Å². The standard InChI is InChI=1S/C29H35N5O4/c1-33-17-29(16-30,18-33)27-25(28(35)36)22-7-4-20-15-31-24(14-23(20)26(22)32-27)19-2-5-21(6-3-19)38-13-10-34-8-11-37-12-9-34/h2-3,5-6,14-15,32H,4,7-13,16-18,30H2,1H3,(H,35,36). The Balaban J connectivity index is 1.25. The van der Waals surface area contributed by atoms with E-state index < -0.39 is 5.97 Å². The van der Waals surface area contributed by atoms with Crippen molar-refractivity contribution in [3.8, 4) is 28.3 Å². The Kier molecular flexibility index (Phi) is 6.69. The van der Waals surface area contributed by atoms with Gasteiger partial charge in [-0.05, 0) is 61.3 Å². The van der Waals surface area contributed by atoms with Gasteiger partial charge in [0.2, 0.25) is 0 Å². The number of likely N-dealkylation sites (N-methyl/N-ethyl adjacent to an activating group) is 1. The number of morpholine rings is 1. The van der Waals surface area contributed by atoms with Crippen molar-refractivity contribution in [3.63, 3.8) is 0 Å². The van der Waals surface area contributed by atoms with E-state index in [2.05, 4.69) is 20.9 Å². The zero-order valence-corrected chi connectivity index (χ0v) is 21.8. The number of ether oxygens (including phenoxy) is 2. The lowest BCUT2D eigenvalue weighted by Crippen LogP contribution is -2.61. The van der Waals surface area contributed by atoms with E-state index in [1.54, 1.807) is 0 Å². The van der Waals surface area contributed by atoms with E-state index in [4.69, 9.17) is 20.2 Å². The van der Waals surface area contributed by atoms with Crippen LogP contribution >= 0.6 is 0 Å². The summed E-state index contributed by atoms with van der Waals surface area (Å²) in [5, 5.41) is 10.2. The molecule has 0 spiro atoms. The third kappa shape index (κ3) is 4.49. The molecule has 3 aliphatic rings. The molecule has 0 saturated carbocycles. The number of fused-ring (bicyclic) bond motifs is 3. The summed E-state index contributed by atoms with van der Waals surface area (Å²) in [6.45, 7) is 6.91. The number of aromatic nitrogens is 2. The number of pyridine rings is 1. The SMILES string of the molecule is CN1CC(CN)(c2[nH]c3c(c2C(=O)O)CCc2cnc(-c4ccc(OCCN5CCOCC5)cc4)cc2-3)C1. The van der Waals surface area contributed by atoms with E-state index >= 15 is 0 Å². The Morgan fingerprint density at radius 3 is 2.66 bits per heavy atom. The van der Waals surface area contributed by atoms with Gasteiger partial charge in [-0.3, -0.25) is 9.88 Å². The number of aromatic carboxylic acids is 1. The molecule has 1 aromatic carbocycles. The molecule has 9 nitrogen and oxygen atoms in total. The molecule has 2 saturated heterocycles. The number of aryl methyl sites for hydroxylation is 1. The fourth-order valence-electron chi connectivity index (χ4n) is 6.20. The summed E-state index contributed by atoms with van der Waals surface area (Å²) >= 11 is 0. The number of carboxylic acid groups (broad SMARTS) is 1. The summed E-state index contributed by atoms with van der Waals surface area (Å²) in [5.74, 6) is -0.0540. The van der Waals surface area contributed by atoms with E-state index in [0.717, 1.165) is 97.4 Å². The fraction of sp³-hybridized carbons (Fsp3) is 0.448. The average molecular weight is 518 g/mol. The molecule has 1 aliphatic carbocycles. The van der Waals surface area contributed by atoms with Crippen molar-refractivity contribution in [3.05, 3.63) is 58.9 Å². The summed E-state index contributed by atoms with van der Waals surface area (Å²) in [6.07, 6.45) is 3.37. The van der Waals surface area contributed by atoms with E-state index in [-0.39, 0.29) is 5.41 Å². The van der Waals surface area contributed by atoms with Gasteiger partial charge in [-0.1, -0.05) is 0 Å². The molecule has 200 valence electrons. The highest BCUT2D eigenvalue weighted by Crippen LogP contribution is 2.43. The molecular weight excluding hydrogens is 482 g/mol. The highest BCUT2D eigenvalue weighted by molar-refractivity contribution is 5.95. The van der Waals surface area contributed by atoms with E-state index in [1.165, 1.54) is 0 Å². The predicted octanol–water partition coefficient (Wildman–Crippen LogP) is 2.39. The first-order valence-electron chi connectivity index (χ1n) is 13.4. The van der Waals surface area contributed by atoms with Crippen LogP contribution in [0.1, 0.15) is 27.2 Å². The molecule has 38 heavy (non-hydrogen) atoms. The van der Waals surface area contributed by atoms with E-state index in [0.29, 0.717) is 25.1 Å². The first-order chi connectivity index (χ1) is 18.5. The van der Waals surface area contributed by atoms with Crippen molar-refractivity contribution in [2.45, 2.75) is 18.3 Å². The molecule has 0 atom stereocenters. The van der Waals surface area contributed by atoms with Gasteiger partial charge in [-0.25, -0.2) is 4.79 Å². The highest BCUT2D eigenvalue weighted by Gasteiger charge is 2.46. The van der Waals surface area contributed by atoms with Gasteiger partial charge >= 0.3 is 5.97 Å². The van der Waals surface area contributed by atoms with Crippen LogP contribution in [-0.2, 0) is 23.0 Å². The van der Waals surface area contributed by atoms with Crippen LogP contribution in [0.2, 0.25) is 0 Å². The van der Waals surface area contributed by atoms with Gasteiger partial charge in [0.15, 0.2) is 0 Å². The van der Waals surface area contributed by atoms with Crippen LogP contribution in [0.15, 0.2) is 36.5 Å². The quantitative estimate of drug-likeness (QED) is 0.417. The Labute approximate surface area is 222 Å². The molecule has 0 amide bonds. The van der Waals surface area contributed by atoms with Gasteiger partial charge in [-0.2, -0.15) is 0 Å². The molecule has 9 heteroatoms. The molecule has 0 radical (unpaired) electrons. The number of carbonyl (C=O) groups is 1. The van der Waals surface area contributed by atoms with Gasteiger partial charge in [0.25, 0.3) is 0 Å². The Bertz CT molecular complexity index is 1320. The minimum atomic E-state index is -0.887. The second-order valence-electron chi connectivity index (χ2n) is 10.7. The number of hydrogen-bond acceptors (Lipinski definition) is 7. The number of aromatic amines is 1. The third-order valence-electron chi connectivity index (χ3n) is 8.21. The fourth-order valence-corrected chi connectivity index (χ4v) is 6.20. The highest BCUT2D eigenvalue weighted by atomic mass is 16.5. The summed E-state index contributed by atoms with van der Waals surface area (Å²) in [6, 6.07) is 10.1. The number of benzene rings is 1. The summed E-state index contributed by atoms with van der Waals surface area (Å²) in [5.41, 5.74) is 12.8. The largest absolute Gasteiger partial charge is 0.492 e. The smallest absolute Gasteiger partial charge is 0.337 e. The lowest BCUT2D eigenvalue weighted by molar-refractivity contribution is 0.0322. The van der Waals surface area contributed by atoms with Crippen molar-refractivity contribution in [2.24, 2.45) is 5.73 Å². The van der Waals surface area contributed by atoms with Gasteiger partial charge in [-0.15, -0.1) is 0 Å². The van der Waals surface area contributed by atoms with Crippen LogP contribution in [0.25, 0.3) is 22.5 Å². The maximum absolute atomic E-state index is 12.4. The number of carboxylic acids is 1. The summed E-state index contributed by atoms with van der Waals surface area (Å²) in [4.78, 5) is 25.2. The predicted molar refractivity (Wildman–Crippen MR) is 145 cm³/mol. The van der Waals surface area contributed by atoms with Gasteiger partial charge in [0.1, 0.15) is 12.4 Å². The second-order valence-corrected chi connectivity index (χ2v) is 10.7. The number of hydrogen-bond donors (Lipinski definition) is 3. The summed E-state index contributed by atoms with van der Waals surface area (Å²) < 4.78 is 11.4. The Morgan fingerprint density at radius 2 is 1.97 bits per heavy atom. The molecule has 6 rings (SSSR count). The number of likely N-dealkylation sites (tertiary alicyclic amines) is 1. The van der Waals surface area contributed by atoms with E-state index in [9.17, 15) is 9.90 Å². The van der Waals surface area contributed by atoms with Crippen LogP contribution in [0.4, 0.5) is 0 Å². The van der Waals surface area contributed by atoms with Gasteiger partial charge < -0.3 is 30.2 Å². The Hall–Kier alpha value is -3.24. The third-order valence-corrected chi connectivity index (χ3v) is 8.21. The van der Waals surface area contributed by atoms with Crippen molar-refractivity contribution in [2.75, 3.05) is 66.1 Å². The lowest BCUT2D eigenvalue weighted by atomic mass is 9.75. The monoisotopic (exact) mass is 517 g/mol. The van der Waals surface area contributed by atoms with Crippen molar-refractivity contribution in [1.29, 1.82) is 0 Å². The minimum absolute atomic E-state index is 0.354. The van der Waals surface area contributed by atoms with Crippen molar-refractivity contribution >= 4 is 5.97 Å². The number of nitrogens with two attached hydrogens (primary N) is 1. The normalized spacial score (nSPS) is 18.9. The van der Waals surface area contributed by atoms with Crippen molar-refractivity contribution < 1.29 is 19.4 Å². The molecule has 4 N–H and O–H groups in total. The minimum Gasteiger partial charge on any atom is -0.492 e. The molecule has 0 bridgehead atoms. The van der Waals surface area contributed by atoms with E-state index in [1.807, 2.05) is 37.5 Å². The van der Waals surface area contributed by atoms with Crippen LogP contribution in [-0.4, -0.2) is 97.0 Å². The number of rotatable bonds is 8.